The molecule has 0 bridgehead atoms. The van der Waals surface area contributed by atoms with E-state index in [0.717, 1.165) is 18.5 Å². The molecule has 7 nitrogen and oxygen atoms in total. The van der Waals surface area contributed by atoms with Gasteiger partial charge in [0.05, 0.1) is 17.9 Å². The molecule has 0 atom stereocenters. The van der Waals surface area contributed by atoms with Gasteiger partial charge in [0.25, 0.3) is 11.8 Å². The molecule has 0 saturated carbocycles. The number of nitrogens with zero attached hydrogens (tertiary/aromatic N) is 3. The topological polar surface area (TPSA) is 76.5 Å². The van der Waals surface area contributed by atoms with E-state index in [0.29, 0.717) is 61.2 Å². The smallest absolute Gasteiger partial charge is 0.272 e. The average molecular weight is 447 g/mol. The standard InChI is InChI=1S/C23H31ClN4O3/c1-4-28-20(15-19(26-28)16(2)3)23(30)27-11-6-5-10-25-22(29)18-14-17(24)8-9-21(18)31-13-7-12-27/h8-9,14-16H,4-7,10-13H2,1-3H3,(H,25,29). The van der Waals surface area contributed by atoms with Crippen LogP contribution in [0.5, 0.6) is 5.75 Å². The summed E-state index contributed by atoms with van der Waals surface area (Å²) in [5, 5.41) is 8.00. The zero-order valence-corrected chi connectivity index (χ0v) is 19.2. The van der Waals surface area contributed by atoms with E-state index in [-0.39, 0.29) is 17.7 Å². The minimum Gasteiger partial charge on any atom is -0.493 e. The Labute approximate surface area is 188 Å². The molecule has 31 heavy (non-hydrogen) atoms. The molecule has 1 aliphatic rings. The van der Waals surface area contributed by atoms with Crippen molar-refractivity contribution in [1.82, 2.24) is 20.0 Å². The molecule has 2 aromatic rings. The molecule has 0 fully saturated rings. The number of carbonyl (C=O) groups is 2. The van der Waals surface area contributed by atoms with Crippen molar-refractivity contribution in [1.29, 1.82) is 0 Å². The summed E-state index contributed by atoms with van der Waals surface area (Å²) < 4.78 is 7.65. The monoisotopic (exact) mass is 446 g/mol. The van der Waals surface area contributed by atoms with Gasteiger partial charge in [0.2, 0.25) is 0 Å². The zero-order chi connectivity index (χ0) is 22.4. The minimum absolute atomic E-state index is 0.00709. The predicted octanol–water partition coefficient (Wildman–Crippen LogP) is 4.11. The number of nitrogens with one attached hydrogen (secondary N) is 1. The molecular weight excluding hydrogens is 416 g/mol. The highest BCUT2D eigenvalue weighted by molar-refractivity contribution is 6.31. The molecule has 2 amide bonds. The number of ether oxygens (including phenoxy) is 1. The summed E-state index contributed by atoms with van der Waals surface area (Å²) >= 11 is 6.06. The number of rotatable bonds is 3. The van der Waals surface area contributed by atoms with E-state index in [4.69, 9.17) is 16.3 Å². The van der Waals surface area contributed by atoms with Crippen LogP contribution in [0.15, 0.2) is 24.3 Å². The summed E-state index contributed by atoms with van der Waals surface area (Å²) in [5.74, 6) is 0.565. The van der Waals surface area contributed by atoms with Gasteiger partial charge in [0, 0.05) is 31.2 Å². The van der Waals surface area contributed by atoms with Crippen LogP contribution in [0.1, 0.15) is 72.5 Å². The van der Waals surface area contributed by atoms with Crippen LogP contribution in [0.2, 0.25) is 5.02 Å². The average Bonchev–Trinajstić information content (AvgIpc) is 3.19. The first-order valence-corrected chi connectivity index (χ1v) is 11.4. The predicted molar refractivity (Wildman–Crippen MR) is 121 cm³/mol. The van der Waals surface area contributed by atoms with Gasteiger partial charge >= 0.3 is 0 Å². The Hall–Kier alpha value is -2.54. The number of aromatic nitrogens is 2. The molecule has 0 radical (unpaired) electrons. The van der Waals surface area contributed by atoms with Crippen LogP contribution in [-0.2, 0) is 6.54 Å². The maximum atomic E-state index is 13.3. The third-order valence-electron chi connectivity index (χ3n) is 5.35. The molecular formula is C23H31ClN4O3. The molecule has 3 rings (SSSR count). The molecule has 2 heterocycles. The first-order valence-electron chi connectivity index (χ1n) is 11.0. The summed E-state index contributed by atoms with van der Waals surface area (Å²) in [4.78, 5) is 27.7. The molecule has 0 aliphatic carbocycles. The van der Waals surface area contributed by atoms with Crippen LogP contribution in [0.4, 0.5) is 0 Å². The van der Waals surface area contributed by atoms with Crippen LogP contribution >= 0.6 is 11.6 Å². The van der Waals surface area contributed by atoms with Crippen LogP contribution < -0.4 is 10.1 Å². The van der Waals surface area contributed by atoms with E-state index in [9.17, 15) is 9.59 Å². The summed E-state index contributed by atoms with van der Waals surface area (Å²) in [7, 11) is 0. The largest absolute Gasteiger partial charge is 0.493 e. The summed E-state index contributed by atoms with van der Waals surface area (Å²) in [6.45, 7) is 8.92. The second-order valence-electron chi connectivity index (χ2n) is 8.02. The Morgan fingerprint density at radius 3 is 2.74 bits per heavy atom. The molecule has 1 aliphatic heterocycles. The summed E-state index contributed by atoms with van der Waals surface area (Å²) in [5.41, 5.74) is 2.00. The number of fused-ring (bicyclic) bond motifs is 1. The fraction of sp³-hybridized carbons (Fsp3) is 0.522. The van der Waals surface area contributed by atoms with Crippen molar-refractivity contribution in [2.24, 2.45) is 0 Å². The fourth-order valence-corrected chi connectivity index (χ4v) is 3.75. The van der Waals surface area contributed by atoms with Gasteiger partial charge < -0.3 is 15.0 Å². The van der Waals surface area contributed by atoms with Crippen molar-refractivity contribution in [3.8, 4) is 5.75 Å². The highest BCUT2D eigenvalue weighted by Crippen LogP contribution is 2.23. The van der Waals surface area contributed by atoms with Crippen molar-refractivity contribution in [3.63, 3.8) is 0 Å². The number of benzene rings is 1. The van der Waals surface area contributed by atoms with E-state index >= 15 is 0 Å². The third kappa shape index (κ3) is 5.79. The second-order valence-corrected chi connectivity index (χ2v) is 8.46. The lowest BCUT2D eigenvalue weighted by molar-refractivity contribution is 0.0731. The van der Waals surface area contributed by atoms with Crippen LogP contribution in [0.25, 0.3) is 0 Å². The number of hydrogen-bond acceptors (Lipinski definition) is 4. The Balaban J connectivity index is 1.75. The minimum atomic E-state index is -0.197. The number of amides is 2. The van der Waals surface area contributed by atoms with Crippen molar-refractivity contribution < 1.29 is 14.3 Å². The SMILES string of the molecule is CCn1nc(C(C)C)cc1C(=O)N1CCCCNC(=O)c2cc(Cl)ccc2OCCC1. The molecule has 168 valence electrons. The van der Waals surface area contributed by atoms with E-state index in [1.54, 1.807) is 22.9 Å². The Kier molecular flexibility index (Phi) is 7.96. The maximum Gasteiger partial charge on any atom is 0.272 e. The van der Waals surface area contributed by atoms with Gasteiger partial charge in [0.1, 0.15) is 11.4 Å². The quantitative estimate of drug-likeness (QED) is 0.769. The van der Waals surface area contributed by atoms with Gasteiger partial charge in [-0.25, -0.2) is 0 Å². The molecule has 0 unspecified atom stereocenters. The zero-order valence-electron chi connectivity index (χ0n) is 18.5. The van der Waals surface area contributed by atoms with Gasteiger partial charge in [-0.1, -0.05) is 25.4 Å². The molecule has 0 spiro atoms. The van der Waals surface area contributed by atoms with Gasteiger partial charge in [-0.15, -0.1) is 0 Å². The van der Waals surface area contributed by atoms with Gasteiger partial charge in [-0.05, 0) is 56.4 Å². The van der Waals surface area contributed by atoms with E-state index in [1.807, 2.05) is 17.9 Å². The number of halogens is 1. The number of aryl methyl sites for hydroxylation is 1. The number of hydrogen-bond donors (Lipinski definition) is 1. The Bertz CT molecular complexity index is 926. The molecule has 1 N–H and O–H groups in total. The van der Waals surface area contributed by atoms with Crippen LogP contribution in [0, 0.1) is 0 Å². The Morgan fingerprint density at radius 1 is 1.23 bits per heavy atom. The van der Waals surface area contributed by atoms with E-state index < -0.39 is 0 Å². The third-order valence-corrected chi connectivity index (χ3v) is 5.59. The normalized spacial score (nSPS) is 15.9. The molecule has 1 aromatic heterocycles. The van der Waals surface area contributed by atoms with Crippen molar-refractivity contribution in [2.45, 2.75) is 52.5 Å². The lowest BCUT2D eigenvalue weighted by Gasteiger charge is -2.23. The fourth-order valence-electron chi connectivity index (χ4n) is 3.58. The van der Waals surface area contributed by atoms with Crippen molar-refractivity contribution >= 4 is 23.4 Å². The first-order chi connectivity index (χ1) is 14.9. The first kappa shape index (κ1) is 23.1. The van der Waals surface area contributed by atoms with Gasteiger partial charge in [0.15, 0.2) is 0 Å². The highest BCUT2D eigenvalue weighted by atomic mass is 35.5. The maximum absolute atomic E-state index is 13.3. The molecule has 1 aromatic carbocycles. The van der Waals surface area contributed by atoms with E-state index in [1.165, 1.54) is 0 Å². The lowest BCUT2D eigenvalue weighted by atomic mass is 10.1. The number of carbonyl (C=O) groups excluding carboxylic acids is 2. The van der Waals surface area contributed by atoms with Crippen molar-refractivity contribution in [2.75, 3.05) is 26.2 Å². The van der Waals surface area contributed by atoms with E-state index in [2.05, 4.69) is 24.3 Å². The van der Waals surface area contributed by atoms with Gasteiger partial charge in [-0.2, -0.15) is 5.10 Å². The summed E-state index contributed by atoms with van der Waals surface area (Å²) in [6, 6.07) is 6.96. The molecule has 8 heteroatoms. The molecule has 0 saturated heterocycles. The highest BCUT2D eigenvalue weighted by Gasteiger charge is 2.22. The van der Waals surface area contributed by atoms with Crippen molar-refractivity contribution in [3.05, 3.63) is 46.2 Å². The summed E-state index contributed by atoms with van der Waals surface area (Å²) in [6.07, 6.45) is 2.23. The second kappa shape index (κ2) is 10.7. The van der Waals surface area contributed by atoms with Gasteiger partial charge in [-0.3, -0.25) is 14.3 Å². The lowest BCUT2D eigenvalue weighted by Crippen LogP contribution is -2.35. The van der Waals surface area contributed by atoms with Crippen LogP contribution in [-0.4, -0.2) is 52.7 Å². The Morgan fingerprint density at radius 2 is 2.00 bits per heavy atom. The van der Waals surface area contributed by atoms with Crippen LogP contribution in [0.3, 0.4) is 0 Å².